The minimum atomic E-state index is -0.547. The van der Waals surface area contributed by atoms with Gasteiger partial charge in [0.25, 0.3) is 0 Å². The molecule has 0 saturated carbocycles. The highest BCUT2D eigenvalue weighted by Gasteiger charge is 2.54. The number of para-hydroxylation sites is 1. The Labute approximate surface area is 181 Å². The summed E-state index contributed by atoms with van der Waals surface area (Å²) in [6.07, 6.45) is 0.471. The monoisotopic (exact) mass is 429 g/mol. The SMILES string of the molecule is O=C1[C@@H]2[C@H](c3ccc(F)cc3)c3cc4nsnc4cc3C[C@@H]2C(=O)N1c1ccccc1. The number of rotatable bonds is 2. The van der Waals surface area contributed by atoms with Gasteiger partial charge in [0.2, 0.25) is 11.8 Å². The van der Waals surface area contributed by atoms with E-state index < -0.39 is 11.8 Å². The van der Waals surface area contributed by atoms with Crippen LogP contribution in [0.25, 0.3) is 11.0 Å². The first-order valence-corrected chi connectivity index (χ1v) is 10.8. The molecule has 3 aromatic carbocycles. The fourth-order valence-corrected chi connectivity index (χ4v) is 5.52. The summed E-state index contributed by atoms with van der Waals surface area (Å²) in [5, 5.41) is 0. The van der Waals surface area contributed by atoms with E-state index >= 15 is 0 Å². The highest BCUT2D eigenvalue weighted by molar-refractivity contribution is 7.00. The van der Waals surface area contributed by atoms with E-state index in [1.165, 1.54) is 17.0 Å². The fraction of sp³-hybridized carbons (Fsp3) is 0.167. The van der Waals surface area contributed by atoms with Crippen LogP contribution in [0.1, 0.15) is 22.6 Å². The summed E-state index contributed by atoms with van der Waals surface area (Å²) in [7, 11) is 0. The van der Waals surface area contributed by atoms with Crippen molar-refractivity contribution in [1.82, 2.24) is 8.75 Å². The molecule has 2 heterocycles. The quantitative estimate of drug-likeness (QED) is 0.445. The van der Waals surface area contributed by atoms with Crippen molar-refractivity contribution < 1.29 is 14.0 Å². The number of aromatic nitrogens is 2. The summed E-state index contributed by atoms with van der Waals surface area (Å²) < 4.78 is 22.4. The molecule has 1 aliphatic heterocycles. The number of nitrogens with zero attached hydrogens (tertiary/aromatic N) is 3. The van der Waals surface area contributed by atoms with Crippen molar-refractivity contribution in [2.75, 3.05) is 4.90 Å². The molecular weight excluding hydrogens is 413 g/mol. The number of hydrogen-bond acceptors (Lipinski definition) is 5. The van der Waals surface area contributed by atoms with Gasteiger partial charge in [0.15, 0.2) is 0 Å². The Morgan fingerprint density at radius 3 is 2.35 bits per heavy atom. The molecule has 152 valence electrons. The third-order valence-corrected chi connectivity index (χ3v) is 6.93. The average Bonchev–Trinajstić information content (AvgIpc) is 3.34. The number of carbonyl (C=O) groups excluding carboxylic acids is 2. The number of halogens is 1. The number of benzene rings is 3. The average molecular weight is 429 g/mol. The van der Waals surface area contributed by atoms with Crippen molar-refractivity contribution in [3.63, 3.8) is 0 Å². The summed E-state index contributed by atoms with van der Waals surface area (Å²) >= 11 is 1.14. The van der Waals surface area contributed by atoms with Crippen LogP contribution in [0, 0.1) is 17.7 Å². The minimum Gasteiger partial charge on any atom is -0.274 e. The maximum absolute atomic E-state index is 13.7. The van der Waals surface area contributed by atoms with Crippen LogP contribution in [0.4, 0.5) is 10.1 Å². The van der Waals surface area contributed by atoms with Crippen LogP contribution >= 0.6 is 11.7 Å². The van der Waals surface area contributed by atoms with Crippen molar-refractivity contribution in [2.24, 2.45) is 11.8 Å². The molecule has 31 heavy (non-hydrogen) atoms. The second kappa shape index (κ2) is 6.78. The van der Waals surface area contributed by atoms with Crippen LogP contribution in [-0.2, 0) is 16.0 Å². The molecule has 0 N–H and O–H groups in total. The van der Waals surface area contributed by atoms with Crippen LogP contribution in [0.15, 0.2) is 66.7 Å². The lowest BCUT2D eigenvalue weighted by Crippen LogP contribution is -2.33. The van der Waals surface area contributed by atoms with Gasteiger partial charge in [-0.1, -0.05) is 30.3 Å². The molecule has 2 aliphatic rings. The molecule has 0 spiro atoms. The number of hydrogen-bond donors (Lipinski definition) is 0. The molecule has 4 aromatic rings. The van der Waals surface area contributed by atoms with Crippen molar-refractivity contribution in [2.45, 2.75) is 12.3 Å². The Hall–Kier alpha value is -3.45. The summed E-state index contributed by atoms with van der Waals surface area (Å²) in [6.45, 7) is 0. The van der Waals surface area contributed by atoms with Gasteiger partial charge in [0.1, 0.15) is 16.9 Å². The van der Waals surface area contributed by atoms with Gasteiger partial charge in [0.05, 0.1) is 29.3 Å². The van der Waals surface area contributed by atoms with Crippen molar-refractivity contribution in [3.8, 4) is 0 Å². The standard InChI is InChI=1S/C24H16FN3O2S/c25-15-8-6-13(7-9-15)21-17-12-20-19(26-31-27-20)11-14(17)10-18-22(21)24(30)28(23(18)29)16-4-2-1-3-5-16/h1-9,11-12,18,21-22H,10H2/t18-,21+,22-/m0/s1. The lowest BCUT2D eigenvalue weighted by atomic mass is 9.67. The van der Waals surface area contributed by atoms with Gasteiger partial charge in [0, 0.05) is 5.92 Å². The van der Waals surface area contributed by atoms with Crippen LogP contribution in [0.3, 0.4) is 0 Å². The first-order chi connectivity index (χ1) is 15.1. The molecule has 2 amide bonds. The summed E-state index contributed by atoms with van der Waals surface area (Å²) in [4.78, 5) is 28.4. The highest BCUT2D eigenvalue weighted by Crippen LogP contribution is 2.49. The molecule has 6 rings (SSSR count). The van der Waals surface area contributed by atoms with Gasteiger partial charge in [-0.2, -0.15) is 8.75 Å². The Balaban J connectivity index is 1.55. The molecule has 1 fully saturated rings. The van der Waals surface area contributed by atoms with Crippen molar-refractivity contribution >= 4 is 40.3 Å². The molecule has 0 radical (unpaired) electrons. The highest BCUT2D eigenvalue weighted by atomic mass is 32.1. The number of fused-ring (bicyclic) bond motifs is 3. The van der Waals surface area contributed by atoms with Gasteiger partial charge in [-0.15, -0.1) is 0 Å². The van der Waals surface area contributed by atoms with E-state index in [-0.39, 0.29) is 23.5 Å². The second-order valence-electron chi connectivity index (χ2n) is 8.02. The van der Waals surface area contributed by atoms with Crippen LogP contribution in [0.2, 0.25) is 0 Å². The zero-order valence-electron chi connectivity index (χ0n) is 16.2. The third kappa shape index (κ3) is 2.73. The van der Waals surface area contributed by atoms with Gasteiger partial charge < -0.3 is 0 Å². The van der Waals surface area contributed by atoms with Crippen LogP contribution in [-0.4, -0.2) is 20.6 Å². The topological polar surface area (TPSA) is 63.2 Å². The normalized spacial score (nSPS) is 22.6. The predicted octanol–water partition coefficient (Wildman–Crippen LogP) is 4.32. The maximum Gasteiger partial charge on any atom is 0.238 e. The van der Waals surface area contributed by atoms with Gasteiger partial charge >= 0.3 is 0 Å². The molecular formula is C24H16FN3O2S. The van der Waals surface area contributed by atoms with Crippen molar-refractivity contribution in [3.05, 3.63) is 89.2 Å². The summed E-state index contributed by atoms with van der Waals surface area (Å²) in [5.74, 6) is -2.11. The van der Waals surface area contributed by atoms with E-state index in [1.807, 2.05) is 30.3 Å². The van der Waals surface area contributed by atoms with E-state index in [1.54, 1.807) is 24.3 Å². The van der Waals surface area contributed by atoms with Gasteiger partial charge in [-0.3, -0.25) is 14.5 Å². The van der Waals surface area contributed by atoms with Crippen LogP contribution in [0.5, 0.6) is 0 Å². The first kappa shape index (κ1) is 18.3. The van der Waals surface area contributed by atoms with E-state index in [4.69, 9.17) is 0 Å². The smallest absolute Gasteiger partial charge is 0.238 e. The van der Waals surface area contributed by atoms with E-state index in [2.05, 4.69) is 8.75 Å². The van der Waals surface area contributed by atoms with Crippen molar-refractivity contribution in [1.29, 1.82) is 0 Å². The molecule has 0 bridgehead atoms. The largest absolute Gasteiger partial charge is 0.274 e. The molecule has 5 nitrogen and oxygen atoms in total. The lowest BCUT2D eigenvalue weighted by Gasteiger charge is -2.33. The van der Waals surface area contributed by atoms with Gasteiger partial charge in [-0.25, -0.2) is 4.39 Å². The Kier molecular flexibility index (Phi) is 4.01. The maximum atomic E-state index is 13.7. The predicted molar refractivity (Wildman–Crippen MR) is 115 cm³/mol. The molecule has 0 unspecified atom stereocenters. The Bertz CT molecular complexity index is 1340. The zero-order valence-corrected chi connectivity index (χ0v) is 17.1. The number of amides is 2. The summed E-state index contributed by atoms with van der Waals surface area (Å²) in [5.41, 5.74) is 4.91. The Morgan fingerprint density at radius 2 is 1.61 bits per heavy atom. The number of imide groups is 1. The first-order valence-electron chi connectivity index (χ1n) is 10.1. The van der Waals surface area contributed by atoms with Crippen LogP contribution < -0.4 is 4.90 Å². The number of anilines is 1. The van der Waals surface area contributed by atoms with E-state index in [0.29, 0.717) is 12.1 Å². The molecule has 7 heteroatoms. The molecule has 1 aromatic heterocycles. The minimum absolute atomic E-state index is 0.185. The Morgan fingerprint density at radius 1 is 0.903 bits per heavy atom. The van der Waals surface area contributed by atoms with Gasteiger partial charge in [-0.05, 0) is 59.5 Å². The fourth-order valence-electron chi connectivity index (χ4n) is 5.01. The second-order valence-corrected chi connectivity index (χ2v) is 8.55. The molecule has 1 aliphatic carbocycles. The lowest BCUT2D eigenvalue weighted by molar-refractivity contribution is -0.122. The van der Waals surface area contributed by atoms with E-state index in [0.717, 1.165) is 39.5 Å². The molecule has 3 atom stereocenters. The summed E-state index contributed by atoms with van der Waals surface area (Å²) in [6, 6.07) is 19.2. The van der Waals surface area contributed by atoms with E-state index in [9.17, 15) is 14.0 Å². The third-order valence-electron chi connectivity index (χ3n) is 6.37. The zero-order chi connectivity index (χ0) is 21.1. The number of carbonyl (C=O) groups is 2. The molecule has 1 saturated heterocycles.